The zero-order valence-corrected chi connectivity index (χ0v) is 10.7. The monoisotopic (exact) mass is 224 g/mol. The molecule has 0 aromatic carbocycles. The van der Waals surface area contributed by atoms with Gasteiger partial charge < -0.3 is 4.85 Å². The Labute approximate surface area is 98.6 Å². The molecule has 0 heterocycles. The van der Waals surface area contributed by atoms with E-state index in [0.29, 0.717) is 5.92 Å². The van der Waals surface area contributed by atoms with Gasteiger partial charge in [0.1, 0.15) is 0 Å². The largest absolute Gasteiger partial charge is 0.311 e. The molecule has 0 rings (SSSR count). The standard InChI is InChI=1S/C12H20N2S/c1-11(7-9-14-10-15)6-5-8-12(2,3)13-4/h11H,5-9H2,1-3H3. The van der Waals surface area contributed by atoms with Crippen molar-refractivity contribution in [3.63, 3.8) is 0 Å². The van der Waals surface area contributed by atoms with E-state index in [4.69, 9.17) is 6.57 Å². The van der Waals surface area contributed by atoms with Gasteiger partial charge in [-0.15, -0.1) is 0 Å². The number of nitrogens with zero attached hydrogens (tertiary/aromatic N) is 2. The first-order valence-electron chi connectivity index (χ1n) is 5.44. The second-order valence-corrected chi connectivity index (χ2v) is 4.87. The van der Waals surface area contributed by atoms with Gasteiger partial charge in [-0.3, -0.25) is 0 Å². The molecule has 84 valence electrons. The van der Waals surface area contributed by atoms with E-state index in [2.05, 4.69) is 34.1 Å². The topological polar surface area (TPSA) is 16.7 Å². The fourth-order valence-electron chi connectivity index (χ4n) is 1.41. The summed E-state index contributed by atoms with van der Waals surface area (Å²) >= 11 is 4.51. The van der Waals surface area contributed by atoms with Crippen molar-refractivity contribution in [3.05, 3.63) is 11.4 Å². The molecule has 0 N–H and O–H groups in total. The number of rotatable bonds is 7. The smallest absolute Gasteiger partial charge is 0.227 e. The zero-order chi connectivity index (χ0) is 11.7. The van der Waals surface area contributed by atoms with E-state index in [1.165, 1.54) is 6.42 Å². The number of isothiocyanates is 1. The lowest BCUT2D eigenvalue weighted by atomic mass is 9.93. The van der Waals surface area contributed by atoms with Crippen LogP contribution in [0, 0.1) is 12.5 Å². The maximum absolute atomic E-state index is 7.02. The first-order chi connectivity index (χ1) is 7.02. The maximum atomic E-state index is 7.02. The average molecular weight is 224 g/mol. The number of thiocarbonyl (C=S) groups is 1. The average Bonchev–Trinajstić information content (AvgIpc) is 2.18. The molecule has 0 radical (unpaired) electrons. The van der Waals surface area contributed by atoms with Crippen molar-refractivity contribution < 1.29 is 0 Å². The van der Waals surface area contributed by atoms with E-state index in [1.54, 1.807) is 0 Å². The first-order valence-corrected chi connectivity index (χ1v) is 5.85. The highest BCUT2D eigenvalue weighted by molar-refractivity contribution is 7.78. The first kappa shape index (κ1) is 14.3. The molecule has 15 heavy (non-hydrogen) atoms. The fraction of sp³-hybridized carbons (Fsp3) is 0.833. The summed E-state index contributed by atoms with van der Waals surface area (Å²) in [7, 11) is 0. The van der Waals surface area contributed by atoms with Crippen LogP contribution in [0.25, 0.3) is 4.85 Å². The number of hydrogen-bond acceptors (Lipinski definition) is 2. The van der Waals surface area contributed by atoms with Crippen LogP contribution in [-0.2, 0) is 0 Å². The SMILES string of the molecule is [C-]#[N+]C(C)(C)CCCC(C)CCN=C=S. The van der Waals surface area contributed by atoms with Gasteiger partial charge in [0.05, 0.1) is 5.16 Å². The molecule has 0 bridgehead atoms. The summed E-state index contributed by atoms with van der Waals surface area (Å²) in [5.74, 6) is 0.665. The molecule has 0 aromatic rings. The predicted octanol–water partition coefficient (Wildman–Crippen LogP) is 3.98. The van der Waals surface area contributed by atoms with Gasteiger partial charge in [-0.25, -0.2) is 11.6 Å². The minimum Gasteiger partial charge on any atom is -0.311 e. The van der Waals surface area contributed by atoms with E-state index in [0.717, 1.165) is 25.8 Å². The lowest BCUT2D eigenvalue weighted by Gasteiger charge is -2.13. The molecular weight excluding hydrogens is 204 g/mol. The molecule has 2 nitrogen and oxygen atoms in total. The highest BCUT2D eigenvalue weighted by atomic mass is 32.1. The molecule has 0 aliphatic rings. The quantitative estimate of drug-likeness (QED) is 0.363. The van der Waals surface area contributed by atoms with Gasteiger partial charge in [-0.2, -0.15) is 0 Å². The highest BCUT2D eigenvalue weighted by Crippen LogP contribution is 2.20. The molecule has 0 amide bonds. The molecule has 1 atom stereocenters. The maximum Gasteiger partial charge on any atom is 0.227 e. The van der Waals surface area contributed by atoms with Gasteiger partial charge >= 0.3 is 0 Å². The summed E-state index contributed by atoms with van der Waals surface area (Å²) in [6, 6.07) is 0. The van der Waals surface area contributed by atoms with Crippen molar-refractivity contribution in [2.45, 2.75) is 52.0 Å². The molecule has 0 aromatic heterocycles. The lowest BCUT2D eigenvalue weighted by molar-refractivity contribution is 0.435. The van der Waals surface area contributed by atoms with Crippen LogP contribution in [0.3, 0.4) is 0 Å². The van der Waals surface area contributed by atoms with Gasteiger partial charge in [0.15, 0.2) is 0 Å². The van der Waals surface area contributed by atoms with Gasteiger partial charge in [-0.05, 0) is 31.0 Å². The van der Waals surface area contributed by atoms with Gasteiger partial charge in [0.2, 0.25) is 5.54 Å². The summed E-state index contributed by atoms with van der Waals surface area (Å²) < 4.78 is 0. The molecular formula is C12H20N2S. The van der Waals surface area contributed by atoms with E-state index in [1.807, 2.05) is 13.8 Å². The summed E-state index contributed by atoms with van der Waals surface area (Å²) in [6.07, 6.45) is 4.35. The van der Waals surface area contributed by atoms with Crippen LogP contribution in [0.1, 0.15) is 46.5 Å². The minimum absolute atomic E-state index is 0.188. The van der Waals surface area contributed by atoms with Crippen LogP contribution >= 0.6 is 12.2 Å². The van der Waals surface area contributed by atoms with Crippen LogP contribution in [0.5, 0.6) is 0 Å². The third-order valence-corrected chi connectivity index (χ3v) is 2.72. The Morgan fingerprint density at radius 2 is 2.13 bits per heavy atom. The van der Waals surface area contributed by atoms with E-state index in [9.17, 15) is 0 Å². The second kappa shape index (κ2) is 7.56. The van der Waals surface area contributed by atoms with E-state index < -0.39 is 0 Å². The van der Waals surface area contributed by atoms with Crippen LogP contribution in [-0.4, -0.2) is 17.2 Å². The molecule has 0 fully saturated rings. The fourth-order valence-corrected chi connectivity index (χ4v) is 1.51. The molecule has 0 saturated heterocycles. The Balaban J connectivity index is 3.60. The van der Waals surface area contributed by atoms with Crippen molar-refractivity contribution in [1.29, 1.82) is 0 Å². The van der Waals surface area contributed by atoms with Crippen LogP contribution in [0.4, 0.5) is 0 Å². The summed E-state index contributed by atoms with van der Waals surface area (Å²) in [6.45, 7) is 14.0. The van der Waals surface area contributed by atoms with Crippen molar-refractivity contribution in [1.82, 2.24) is 0 Å². The number of hydrogen-bond donors (Lipinski definition) is 0. The van der Waals surface area contributed by atoms with Gasteiger partial charge in [0, 0.05) is 26.8 Å². The molecule has 3 heteroatoms. The van der Waals surface area contributed by atoms with E-state index >= 15 is 0 Å². The van der Waals surface area contributed by atoms with Crippen molar-refractivity contribution >= 4 is 17.4 Å². The molecule has 1 unspecified atom stereocenters. The Morgan fingerprint density at radius 1 is 1.47 bits per heavy atom. The Bertz CT molecular complexity index is 259. The van der Waals surface area contributed by atoms with Crippen molar-refractivity contribution in [2.75, 3.05) is 6.54 Å². The predicted molar refractivity (Wildman–Crippen MR) is 68.2 cm³/mol. The van der Waals surface area contributed by atoms with Crippen LogP contribution < -0.4 is 0 Å². The Morgan fingerprint density at radius 3 is 2.67 bits per heavy atom. The van der Waals surface area contributed by atoms with Crippen molar-refractivity contribution in [2.24, 2.45) is 10.9 Å². The van der Waals surface area contributed by atoms with Gasteiger partial charge in [-0.1, -0.05) is 13.3 Å². The Hall–Kier alpha value is -0.710. The van der Waals surface area contributed by atoms with E-state index in [-0.39, 0.29) is 5.54 Å². The summed E-state index contributed by atoms with van der Waals surface area (Å²) in [5, 5.41) is 2.38. The Kier molecular flexibility index (Phi) is 7.21. The highest BCUT2D eigenvalue weighted by Gasteiger charge is 2.21. The molecule has 0 aliphatic heterocycles. The molecule has 0 spiro atoms. The molecule has 0 aliphatic carbocycles. The number of aliphatic imine (C=N–C) groups is 1. The van der Waals surface area contributed by atoms with Crippen LogP contribution in [0.2, 0.25) is 0 Å². The zero-order valence-electron chi connectivity index (χ0n) is 9.92. The third-order valence-electron chi connectivity index (χ3n) is 2.59. The lowest BCUT2D eigenvalue weighted by Crippen LogP contribution is -2.13. The second-order valence-electron chi connectivity index (χ2n) is 4.68. The third kappa shape index (κ3) is 8.30. The normalized spacial score (nSPS) is 12.7. The van der Waals surface area contributed by atoms with Crippen molar-refractivity contribution in [3.8, 4) is 0 Å². The van der Waals surface area contributed by atoms with Gasteiger partial charge in [0.25, 0.3) is 0 Å². The minimum atomic E-state index is -0.188. The summed E-state index contributed by atoms with van der Waals surface area (Å²) in [4.78, 5) is 7.50. The summed E-state index contributed by atoms with van der Waals surface area (Å²) in [5.41, 5.74) is -0.188. The van der Waals surface area contributed by atoms with Crippen LogP contribution in [0.15, 0.2) is 4.99 Å². The molecule has 0 saturated carbocycles.